The number of fused-ring (bicyclic) bond motifs is 6. The molecule has 3 saturated heterocycles. The summed E-state index contributed by atoms with van der Waals surface area (Å²) in [6.07, 6.45) is 29.3. The lowest BCUT2D eigenvalue weighted by molar-refractivity contribution is -0.156. The van der Waals surface area contributed by atoms with E-state index < -0.39 is 12.5 Å². The fourth-order valence-corrected chi connectivity index (χ4v) is 11.7. The summed E-state index contributed by atoms with van der Waals surface area (Å²) in [4.78, 5) is 28.3. The van der Waals surface area contributed by atoms with Gasteiger partial charge in [0.2, 0.25) is 6.29 Å². The Morgan fingerprint density at radius 3 is 1.42 bits per heavy atom. The fraction of sp³-hybridized carbons (Fsp3) is 0.646. The minimum Gasteiger partial charge on any atom is -0.412 e. The summed E-state index contributed by atoms with van der Waals surface area (Å²) in [5, 5.41) is 3.47. The van der Waals surface area contributed by atoms with Gasteiger partial charge in [-0.25, -0.2) is 9.97 Å². The van der Waals surface area contributed by atoms with E-state index in [0.29, 0.717) is 29.1 Å². The quantitative estimate of drug-likeness (QED) is 0.201. The van der Waals surface area contributed by atoms with Gasteiger partial charge in [0.25, 0.3) is 0 Å². The molecule has 5 aliphatic carbocycles. The van der Waals surface area contributed by atoms with Crippen LogP contribution in [0, 0.1) is 22.7 Å². The molecule has 2 spiro atoms. The first kappa shape index (κ1) is 44.6. The van der Waals surface area contributed by atoms with Crippen molar-refractivity contribution in [2.45, 2.75) is 135 Å². The number of aromatic nitrogens is 6. The molecule has 8 aliphatic rings. The summed E-state index contributed by atoms with van der Waals surface area (Å²) in [5.41, 5.74) is 14.1. The first-order valence-corrected chi connectivity index (χ1v) is 22.7. The third kappa shape index (κ3) is 8.77. The highest BCUT2D eigenvalue weighted by Gasteiger charge is 2.42. The fourth-order valence-electron chi connectivity index (χ4n) is 11.7. The van der Waals surface area contributed by atoms with Crippen molar-refractivity contribution in [3.8, 4) is 0 Å². The lowest BCUT2D eigenvalue weighted by Gasteiger charge is -2.47. The number of nitrogens with zero attached hydrogens (tertiary/aromatic N) is 6. The van der Waals surface area contributed by atoms with Crippen LogP contribution in [0.3, 0.4) is 0 Å². The Morgan fingerprint density at radius 1 is 0.645 bits per heavy atom. The highest BCUT2D eigenvalue weighted by atomic mass is 19.4. The Hall–Kier alpha value is -3.98. The van der Waals surface area contributed by atoms with Crippen molar-refractivity contribution in [2.75, 3.05) is 39.5 Å². The number of nitrogens with one attached hydrogen (secondary N) is 1. The molecule has 4 aromatic rings. The van der Waals surface area contributed by atoms with Crippen molar-refractivity contribution in [3.63, 3.8) is 0 Å². The van der Waals surface area contributed by atoms with Crippen molar-refractivity contribution in [1.82, 2.24) is 34.1 Å². The molecule has 7 heterocycles. The van der Waals surface area contributed by atoms with Gasteiger partial charge in [0, 0.05) is 76.6 Å². The van der Waals surface area contributed by atoms with E-state index in [1.54, 1.807) is 0 Å². The van der Waals surface area contributed by atoms with Crippen molar-refractivity contribution in [2.24, 2.45) is 22.7 Å². The Labute approximate surface area is 362 Å². The van der Waals surface area contributed by atoms with Crippen LogP contribution in [-0.4, -0.2) is 86.2 Å². The van der Waals surface area contributed by atoms with E-state index in [9.17, 15) is 13.2 Å². The van der Waals surface area contributed by atoms with Crippen LogP contribution >= 0.6 is 0 Å². The lowest BCUT2D eigenvalue weighted by Crippen LogP contribution is -2.54. The average molecular weight is 860 g/mol. The zero-order chi connectivity index (χ0) is 40.9. The molecule has 11 nitrogen and oxygen atoms in total. The molecule has 4 aromatic heterocycles. The molecule has 12 rings (SSSR count). The molecular formula is C48H64F3N7O4. The molecule has 3 N–H and O–H groups in total. The maximum atomic E-state index is 10.4. The number of imidazole rings is 2. The number of allylic oxidation sites excluding steroid dienone is 4. The van der Waals surface area contributed by atoms with E-state index >= 15 is 0 Å². The van der Waals surface area contributed by atoms with Gasteiger partial charge in [0.05, 0.1) is 46.6 Å². The zero-order valence-electron chi connectivity index (χ0n) is 35.2. The van der Waals surface area contributed by atoms with Gasteiger partial charge in [-0.15, -0.1) is 0 Å². The highest BCUT2D eigenvalue weighted by Crippen LogP contribution is 2.54. The molecule has 0 atom stereocenters. The van der Waals surface area contributed by atoms with E-state index in [-0.39, 0.29) is 12.9 Å². The van der Waals surface area contributed by atoms with Crippen LogP contribution in [0.1, 0.15) is 150 Å². The minimum atomic E-state index is -4.64. The van der Waals surface area contributed by atoms with E-state index in [2.05, 4.69) is 38.7 Å². The van der Waals surface area contributed by atoms with E-state index in [1.165, 1.54) is 129 Å². The normalized spacial score (nSPS) is 24.2. The van der Waals surface area contributed by atoms with Gasteiger partial charge in [-0.3, -0.25) is 23.6 Å². The van der Waals surface area contributed by atoms with Gasteiger partial charge in [-0.1, -0.05) is 26.0 Å². The molecule has 336 valence electrons. The molecule has 0 amide bonds. The number of hydrogen-bond donors (Lipinski definition) is 1. The molecular weight excluding hydrogens is 796 g/mol. The van der Waals surface area contributed by atoms with Crippen LogP contribution in [0.25, 0.3) is 22.4 Å². The largest absolute Gasteiger partial charge is 0.446 e. The zero-order valence-corrected chi connectivity index (χ0v) is 35.2. The second-order valence-electron chi connectivity index (χ2n) is 19.1. The molecule has 6 fully saturated rings. The number of halogens is 3. The maximum absolute atomic E-state index is 10.4. The molecule has 62 heavy (non-hydrogen) atoms. The van der Waals surface area contributed by atoms with Crippen LogP contribution < -0.4 is 5.32 Å². The van der Waals surface area contributed by atoms with Gasteiger partial charge in [-0.05, 0) is 124 Å². The predicted molar refractivity (Wildman–Crippen MR) is 233 cm³/mol. The van der Waals surface area contributed by atoms with E-state index in [1.807, 2.05) is 12.4 Å². The highest BCUT2D eigenvalue weighted by molar-refractivity contribution is 5.74. The summed E-state index contributed by atoms with van der Waals surface area (Å²) in [6.45, 7) is 5.99. The molecule has 0 aromatic carbocycles. The van der Waals surface area contributed by atoms with Crippen LogP contribution in [0.4, 0.5) is 13.2 Å². The predicted octanol–water partition coefficient (Wildman–Crippen LogP) is 8.82. The molecule has 0 unspecified atom stereocenters. The number of hydrogen-bond acceptors (Lipinski definition) is 8. The monoisotopic (exact) mass is 859 g/mol. The topological polar surface area (TPSA) is 139 Å². The van der Waals surface area contributed by atoms with Crippen LogP contribution in [0.15, 0.2) is 36.9 Å². The molecule has 0 radical (unpaired) electrons. The second-order valence-corrected chi connectivity index (χ2v) is 19.1. The summed E-state index contributed by atoms with van der Waals surface area (Å²) in [6, 6.07) is 0. The molecule has 14 heteroatoms. The number of aldehydes is 1. The maximum Gasteiger partial charge on any atom is 0.446 e. The number of carbonyl (C=O) groups is 1. The molecule has 3 aliphatic heterocycles. The number of rotatable bonds is 4. The molecule has 3 saturated carbocycles. The van der Waals surface area contributed by atoms with Crippen molar-refractivity contribution in [3.05, 3.63) is 71.1 Å². The summed E-state index contributed by atoms with van der Waals surface area (Å²) in [7, 11) is 0. The number of carbonyl (C=O) groups excluding carboxylic acids is 1. The van der Waals surface area contributed by atoms with Crippen LogP contribution in [-0.2, 0) is 27.1 Å². The Kier molecular flexibility index (Phi) is 13.1. The summed E-state index contributed by atoms with van der Waals surface area (Å²) >= 11 is 0. The number of ether oxygens (including phenoxy) is 2. The Morgan fingerprint density at radius 2 is 1.06 bits per heavy atom. The van der Waals surface area contributed by atoms with E-state index in [0.717, 1.165) is 81.7 Å². The van der Waals surface area contributed by atoms with Crippen molar-refractivity contribution in [1.29, 1.82) is 0 Å². The third-order valence-corrected chi connectivity index (χ3v) is 15.6. The van der Waals surface area contributed by atoms with Gasteiger partial charge in [-0.2, -0.15) is 13.2 Å². The minimum absolute atomic E-state index is 0. The summed E-state index contributed by atoms with van der Waals surface area (Å²) in [5.74, 6) is 2.48. The van der Waals surface area contributed by atoms with Crippen molar-refractivity contribution >= 4 is 28.7 Å². The first-order chi connectivity index (χ1) is 29.2. The standard InChI is InChI=1S/C23H29N3O.C22H28N4O.C2HF3O.CH4.H2O/c1-8-23(9-1)10-4-17(5-11-23)20-15-26-21(25-20)14-24-19-3-2-18(22(19)26)16-6-12-27-13-7-16;1-2-18-21(17(1)15-5-9-27-10-6-15)26-12-19(25-20(26)11-24-18)16-3-7-22(8-4-16)13-23-14-22;3-2(4,5)1-6;;/h2,14-17H,1,3-13H2;1,11-12,15-16,23H,2-10,13-14H2;1H;1H4;1H2. The Bertz CT molecular complexity index is 2110. The smallest absolute Gasteiger partial charge is 0.412 e. The van der Waals surface area contributed by atoms with Crippen LogP contribution in [0.5, 0.6) is 0 Å². The second kappa shape index (κ2) is 18.3. The van der Waals surface area contributed by atoms with Gasteiger partial charge in [0.15, 0.2) is 11.3 Å². The Balaban J connectivity index is 0.000000147. The van der Waals surface area contributed by atoms with Gasteiger partial charge < -0.3 is 20.3 Å². The van der Waals surface area contributed by atoms with Gasteiger partial charge in [0.1, 0.15) is 0 Å². The number of alkyl halides is 3. The van der Waals surface area contributed by atoms with Crippen molar-refractivity contribution < 1.29 is 32.9 Å². The summed E-state index contributed by atoms with van der Waals surface area (Å²) < 4.78 is 47.1. The average Bonchev–Trinajstić information content (AvgIpc) is 4.08. The van der Waals surface area contributed by atoms with Gasteiger partial charge >= 0.3 is 6.18 Å². The lowest BCUT2D eigenvalue weighted by atomic mass is 9.59. The molecule has 0 bridgehead atoms. The SMILES string of the molecule is C.C1=C(C2CCOCC2)c2c(ncc3nc(C4CCC5(CC4)CNC5)cn23)C1.C1=C(C2CCOCC2)c2c(ncc3nc(C4CCC5(CCC5)CC4)cn23)C1.O.O=CC(F)(F)F. The van der Waals surface area contributed by atoms with Crippen LogP contribution in [0.2, 0.25) is 0 Å². The van der Waals surface area contributed by atoms with E-state index in [4.69, 9.17) is 34.2 Å². The third-order valence-electron chi connectivity index (χ3n) is 15.6. The first-order valence-electron chi connectivity index (χ1n) is 22.7.